The van der Waals surface area contributed by atoms with Crippen molar-refractivity contribution in [3.8, 4) is 0 Å². The topological polar surface area (TPSA) is 12.9 Å². The molecule has 0 saturated carbocycles. The molecule has 0 aliphatic heterocycles. The quantitative estimate of drug-likeness (QED) is 0.397. The van der Waals surface area contributed by atoms with Crippen molar-refractivity contribution in [3.05, 3.63) is 37.5 Å². The van der Waals surface area contributed by atoms with Crippen molar-refractivity contribution < 1.29 is 51.4 Å². The summed E-state index contributed by atoms with van der Waals surface area (Å²) in [6, 6.07) is 5.86. The Labute approximate surface area is 113 Å². The Morgan fingerprint density at radius 2 is 1.73 bits per heavy atom. The number of aromatic nitrogens is 1. The van der Waals surface area contributed by atoms with E-state index in [0.29, 0.717) is 0 Å². The number of hydrogen-bond donors (Lipinski definition) is 0. The van der Waals surface area contributed by atoms with Gasteiger partial charge in [0.05, 0.1) is 0 Å². The number of hydrogen-bond acceptors (Lipinski definition) is 1. The third-order valence-electron chi connectivity index (χ3n) is 0.813. The third-order valence-corrected chi connectivity index (χ3v) is 0.813. The summed E-state index contributed by atoms with van der Waals surface area (Å²) in [6.07, 6.45) is 1.79. The van der Waals surface area contributed by atoms with Gasteiger partial charge in [-0.15, -0.1) is 0 Å². The van der Waals surface area contributed by atoms with E-state index in [2.05, 4.69) is 4.98 Å². The van der Waals surface area contributed by atoms with Gasteiger partial charge in [0.15, 0.2) is 0 Å². The second-order valence-electron chi connectivity index (χ2n) is 1.47. The molecule has 1 aromatic rings. The summed E-state index contributed by atoms with van der Waals surface area (Å²) in [6.45, 7) is 5.97. The second kappa shape index (κ2) is 13.4. The van der Waals surface area contributed by atoms with Crippen LogP contribution in [-0.4, -0.2) is 4.98 Å². The van der Waals surface area contributed by atoms with E-state index in [0.717, 1.165) is 5.69 Å². The SMILES string of the molecule is CC.Cc1ccccn1.[CH3-].[K+]. The minimum Gasteiger partial charge on any atom is -0.358 e. The maximum atomic E-state index is 3.98. The van der Waals surface area contributed by atoms with E-state index < -0.39 is 0 Å². The zero-order valence-corrected chi connectivity index (χ0v) is 11.4. The first-order chi connectivity index (χ1) is 4.39. The van der Waals surface area contributed by atoms with Crippen LogP contribution in [0.15, 0.2) is 24.4 Å². The average Bonchev–Trinajstić information content (AvgIpc) is 1.94. The van der Waals surface area contributed by atoms with E-state index in [-0.39, 0.29) is 58.8 Å². The predicted octanol–water partition coefficient (Wildman–Crippen LogP) is -0.129. The summed E-state index contributed by atoms with van der Waals surface area (Å²) in [7, 11) is 0. The van der Waals surface area contributed by atoms with Crippen LogP contribution in [0.5, 0.6) is 0 Å². The van der Waals surface area contributed by atoms with Gasteiger partial charge < -0.3 is 7.43 Å². The zero-order chi connectivity index (χ0) is 7.11. The van der Waals surface area contributed by atoms with Gasteiger partial charge in [0.2, 0.25) is 0 Å². The normalized spacial score (nSPS) is 6.09. The molecule has 1 heterocycles. The summed E-state index contributed by atoms with van der Waals surface area (Å²) in [5.74, 6) is 0. The van der Waals surface area contributed by atoms with E-state index in [4.69, 9.17) is 0 Å². The van der Waals surface area contributed by atoms with E-state index >= 15 is 0 Å². The van der Waals surface area contributed by atoms with Gasteiger partial charge in [-0.3, -0.25) is 4.98 Å². The molecule has 0 radical (unpaired) electrons. The molecular formula is C9H16KN. The zero-order valence-electron chi connectivity index (χ0n) is 8.26. The molecule has 0 spiro atoms. The summed E-state index contributed by atoms with van der Waals surface area (Å²) in [4.78, 5) is 3.98. The van der Waals surface area contributed by atoms with Crippen molar-refractivity contribution >= 4 is 0 Å². The van der Waals surface area contributed by atoms with Gasteiger partial charge in [0.25, 0.3) is 0 Å². The Morgan fingerprint density at radius 1 is 1.18 bits per heavy atom. The van der Waals surface area contributed by atoms with Crippen molar-refractivity contribution in [1.29, 1.82) is 0 Å². The van der Waals surface area contributed by atoms with Gasteiger partial charge >= 0.3 is 51.4 Å². The van der Waals surface area contributed by atoms with Gasteiger partial charge in [-0.25, -0.2) is 0 Å². The van der Waals surface area contributed by atoms with Crippen LogP contribution in [0.2, 0.25) is 0 Å². The van der Waals surface area contributed by atoms with Crippen molar-refractivity contribution in [2.45, 2.75) is 20.8 Å². The first-order valence-corrected chi connectivity index (χ1v) is 3.27. The molecule has 0 aliphatic rings. The Balaban J connectivity index is -0.000000149. The number of nitrogens with zero attached hydrogens (tertiary/aromatic N) is 1. The fraction of sp³-hybridized carbons (Fsp3) is 0.333. The molecule has 0 aliphatic carbocycles. The van der Waals surface area contributed by atoms with E-state index in [1.807, 2.05) is 39.0 Å². The first-order valence-electron chi connectivity index (χ1n) is 3.27. The Hall–Kier alpha value is 0.786. The molecule has 58 valence electrons. The number of aryl methyl sites for hydroxylation is 1. The van der Waals surface area contributed by atoms with Crippen LogP contribution >= 0.6 is 0 Å². The number of rotatable bonds is 0. The molecule has 1 rings (SSSR count). The monoisotopic (exact) mass is 177 g/mol. The minimum absolute atomic E-state index is 0. The molecule has 0 saturated heterocycles. The van der Waals surface area contributed by atoms with Crippen molar-refractivity contribution in [3.63, 3.8) is 0 Å². The Kier molecular flexibility index (Phi) is 21.6. The molecule has 0 aromatic carbocycles. The van der Waals surface area contributed by atoms with Crippen LogP contribution in [0.3, 0.4) is 0 Å². The smallest absolute Gasteiger partial charge is 0.358 e. The molecule has 0 fully saturated rings. The van der Waals surface area contributed by atoms with Crippen LogP contribution in [0.4, 0.5) is 0 Å². The summed E-state index contributed by atoms with van der Waals surface area (Å²) in [5, 5.41) is 0. The molecule has 0 bridgehead atoms. The summed E-state index contributed by atoms with van der Waals surface area (Å²) in [5.41, 5.74) is 1.07. The van der Waals surface area contributed by atoms with Crippen LogP contribution in [-0.2, 0) is 0 Å². The Morgan fingerprint density at radius 3 is 1.91 bits per heavy atom. The van der Waals surface area contributed by atoms with E-state index in [1.165, 1.54) is 0 Å². The molecule has 0 amide bonds. The molecule has 0 unspecified atom stereocenters. The van der Waals surface area contributed by atoms with Gasteiger partial charge in [-0.2, -0.15) is 0 Å². The summed E-state index contributed by atoms with van der Waals surface area (Å²) < 4.78 is 0. The van der Waals surface area contributed by atoms with Gasteiger partial charge in [-0.1, -0.05) is 19.9 Å². The molecular weight excluding hydrogens is 161 g/mol. The molecule has 1 nitrogen and oxygen atoms in total. The molecule has 1 aromatic heterocycles. The van der Waals surface area contributed by atoms with Gasteiger partial charge in [0.1, 0.15) is 0 Å². The molecule has 0 N–H and O–H groups in total. The van der Waals surface area contributed by atoms with Gasteiger partial charge in [0, 0.05) is 11.9 Å². The summed E-state index contributed by atoms with van der Waals surface area (Å²) >= 11 is 0. The van der Waals surface area contributed by atoms with E-state index in [1.54, 1.807) is 6.20 Å². The fourth-order valence-corrected chi connectivity index (χ4v) is 0.448. The van der Waals surface area contributed by atoms with E-state index in [9.17, 15) is 0 Å². The molecule has 11 heavy (non-hydrogen) atoms. The predicted molar refractivity (Wildman–Crippen MR) is 46.7 cm³/mol. The average molecular weight is 177 g/mol. The van der Waals surface area contributed by atoms with Crippen LogP contribution < -0.4 is 51.4 Å². The van der Waals surface area contributed by atoms with Gasteiger partial charge in [-0.05, 0) is 19.1 Å². The fourth-order valence-electron chi connectivity index (χ4n) is 0.448. The largest absolute Gasteiger partial charge is 1.00 e. The molecule has 0 atom stereocenters. The van der Waals surface area contributed by atoms with Crippen LogP contribution in [0.1, 0.15) is 19.5 Å². The maximum absolute atomic E-state index is 3.98. The first kappa shape index (κ1) is 17.8. The number of pyridine rings is 1. The second-order valence-corrected chi connectivity index (χ2v) is 1.47. The van der Waals surface area contributed by atoms with Crippen molar-refractivity contribution in [2.75, 3.05) is 0 Å². The minimum atomic E-state index is 0. The third kappa shape index (κ3) is 10.8. The maximum Gasteiger partial charge on any atom is 1.00 e. The van der Waals surface area contributed by atoms with Crippen molar-refractivity contribution in [2.24, 2.45) is 0 Å². The molecule has 2 heteroatoms. The van der Waals surface area contributed by atoms with Crippen molar-refractivity contribution in [1.82, 2.24) is 4.98 Å². The Bertz CT molecular complexity index is 139. The van der Waals surface area contributed by atoms with Crippen LogP contribution in [0.25, 0.3) is 0 Å². The standard InChI is InChI=1S/C6H7N.C2H6.CH3.K/c1-6-4-2-3-5-7-6;1-2;;/h2-5H,1H3;1-2H3;1H3;/q;;-1;+1. The van der Waals surface area contributed by atoms with Crippen LogP contribution in [0, 0.1) is 14.4 Å².